The molecule has 2 amide bonds. The minimum Gasteiger partial charge on any atom is -0.496 e. The van der Waals surface area contributed by atoms with Gasteiger partial charge in [0.1, 0.15) is 18.0 Å². The van der Waals surface area contributed by atoms with E-state index in [1.54, 1.807) is 32.3 Å². The molecule has 7 rings (SSSR count). The molecule has 3 aliphatic rings. The second kappa shape index (κ2) is 18.6. The quantitative estimate of drug-likeness (QED) is 0.152. The van der Waals surface area contributed by atoms with E-state index in [4.69, 9.17) is 28.9 Å². The number of methoxy groups -OCH3 is 1. The second-order valence-corrected chi connectivity index (χ2v) is 18.3. The first-order valence-corrected chi connectivity index (χ1v) is 21.9. The van der Waals surface area contributed by atoms with Crippen molar-refractivity contribution >= 4 is 29.0 Å². The number of likely N-dealkylation sites (tertiary alicyclic amines) is 1. The summed E-state index contributed by atoms with van der Waals surface area (Å²) in [7, 11) is 6.85. The van der Waals surface area contributed by atoms with E-state index >= 15 is 0 Å². The van der Waals surface area contributed by atoms with Crippen LogP contribution in [0.5, 0.6) is 5.75 Å². The number of hydrogen-bond acceptors (Lipinski definition) is 12. The van der Waals surface area contributed by atoms with Gasteiger partial charge in [-0.2, -0.15) is 0 Å². The molecule has 4 aromatic rings. The molecule has 334 valence electrons. The van der Waals surface area contributed by atoms with Crippen molar-refractivity contribution in [2.24, 2.45) is 7.05 Å². The molecule has 2 aliphatic heterocycles. The molecule has 1 unspecified atom stereocenters. The van der Waals surface area contributed by atoms with E-state index in [1.165, 1.54) is 10.6 Å². The monoisotopic (exact) mass is 852 g/mol. The highest BCUT2D eigenvalue weighted by molar-refractivity contribution is 5.89. The van der Waals surface area contributed by atoms with E-state index in [0.29, 0.717) is 42.0 Å². The van der Waals surface area contributed by atoms with Crippen molar-refractivity contribution in [2.75, 3.05) is 72.0 Å². The average molecular weight is 853 g/mol. The summed E-state index contributed by atoms with van der Waals surface area (Å²) in [5.74, 6) is 1.04. The molecular weight excluding hydrogens is 789 g/mol. The predicted molar refractivity (Wildman–Crippen MR) is 240 cm³/mol. The summed E-state index contributed by atoms with van der Waals surface area (Å²) in [6.45, 7) is 12.0. The minimum atomic E-state index is -1.30. The zero-order valence-electron chi connectivity index (χ0n) is 37.7. The maximum Gasteiger partial charge on any atom is 0.409 e. The predicted octanol–water partition coefficient (Wildman–Crippen LogP) is 6.06. The Bertz CT molecular complexity index is 2260. The van der Waals surface area contributed by atoms with Crippen LogP contribution >= 0.6 is 0 Å². The number of fused-ring (bicyclic) bond motifs is 1. The summed E-state index contributed by atoms with van der Waals surface area (Å²) in [6, 6.07) is 17.8. The van der Waals surface area contributed by atoms with Crippen LogP contribution in [0.2, 0.25) is 0 Å². The van der Waals surface area contributed by atoms with Gasteiger partial charge in [-0.05, 0) is 96.5 Å². The molecule has 0 spiro atoms. The Morgan fingerprint density at radius 3 is 2.32 bits per heavy atom. The van der Waals surface area contributed by atoms with Crippen molar-refractivity contribution in [1.82, 2.24) is 35.0 Å². The number of hydrogen-bond donors (Lipinski definition) is 2. The van der Waals surface area contributed by atoms with E-state index in [9.17, 15) is 14.4 Å². The minimum absolute atomic E-state index is 0.0576. The zero-order chi connectivity index (χ0) is 44.2. The van der Waals surface area contributed by atoms with Gasteiger partial charge in [-0.25, -0.2) is 19.6 Å². The number of benzene rings is 2. The van der Waals surface area contributed by atoms with Crippen LogP contribution in [0, 0.1) is 0 Å². The summed E-state index contributed by atoms with van der Waals surface area (Å²) >= 11 is 0. The van der Waals surface area contributed by atoms with E-state index in [-0.39, 0.29) is 29.9 Å². The molecule has 0 bridgehead atoms. The molecule has 0 radical (unpaired) electrons. The lowest BCUT2D eigenvalue weighted by Crippen LogP contribution is -2.57. The van der Waals surface area contributed by atoms with Gasteiger partial charge in [-0.3, -0.25) is 4.79 Å². The van der Waals surface area contributed by atoms with Crippen molar-refractivity contribution in [3.8, 4) is 16.9 Å². The van der Waals surface area contributed by atoms with Gasteiger partial charge in [-0.15, -0.1) is 0 Å². The van der Waals surface area contributed by atoms with Gasteiger partial charge in [0.05, 0.1) is 24.4 Å². The topological polar surface area (TPSA) is 153 Å². The van der Waals surface area contributed by atoms with Crippen molar-refractivity contribution in [1.29, 1.82) is 0 Å². The SMILES string of the molecule is CNCCN(C)C(=O)OCC(OC1CC1)(c1ccccc1)c1nc(N2CCC(N3CCC(C)(NC(=O)OC(C)(C)C)CC3)CC2)nc2ccc(-c3cn(C)c(=O)cc3OC)cc12. The molecule has 3 fully saturated rings. The maximum absolute atomic E-state index is 13.6. The Kier molecular flexibility index (Phi) is 13.4. The smallest absolute Gasteiger partial charge is 0.409 e. The van der Waals surface area contributed by atoms with Gasteiger partial charge in [0.15, 0.2) is 5.60 Å². The first-order valence-electron chi connectivity index (χ1n) is 21.9. The number of amides is 2. The number of nitrogens with zero attached hydrogens (tertiary/aromatic N) is 6. The van der Waals surface area contributed by atoms with E-state index in [0.717, 1.165) is 86.8 Å². The number of piperidine rings is 2. The summed E-state index contributed by atoms with van der Waals surface area (Å²) in [4.78, 5) is 56.0. The van der Waals surface area contributed by atoms with Crippen LogP contribution in [0.15, 0.2) is 65.6 Å². The fraction of sp³-hybridized carbons (Fsp3) is 0.553. The molecular formula is C47H64N8O7. The third-order valence-electron chi connectivity index (χ3n) is 12.3. The number of aromatic nitrogens is 3. The van der Waals surface area contributed by atoms with E-state index < -0.39 is 17.3 Å². The Labute approximate surface area is 365 Å². The van der Waals surface area contributed by atoms with Crippen LogP contribution in [-0.4, -0.2) is 127 Å². The normalized spacial score (nSPS) is 18.2. The van der Waals surface area contributed by atoms with Crippen molar-refractivity contribution in [3.05, 3.63) is 82.4 Å². The molecule has 2 saturated heterocycles. The Balaban J connectivity index is 1.24. The van der Waals surface area contributed by atoms with Gasteiger partial charge in [0, 0.05) is 88.2 Å². The molecule has 15 heteroatoms. The molecule has 2 aromatic heterocycles. The number of anilines is 1. The van der Waals surface area contributed by atoms with Crippen molar-refractivity contribution in [3.63, 3.8) is 0 Å². The van der Waals surface area contributed by atoms with Gasteiger partial charge >= 0.3 is 12.2 Å². The molecule has 1 saturated carbocycles. The molecule has 2 N–H and O–H groups in total. The number of alkyl carbamates (subject to hydrolysis) is 1. The van der Waals surface area contributed by atoms with Crippen molar-refractivity contribution in [2.45, 2.75) is 95.1 Å². The zero-order valence-corrected chi connectivity index (χ0v) is 37.7. The lowest BCUT2D eigenvalue weighted by atomic mass is 9.87. The van der Waals surface area contributed by atoms with Crippen molar-refractivity contribution < 1.29 is 28.5 Å². The number of nitrogens with one attached hydrogen (secondary N) is 2. The largest absolute Gasteiger partial charge is 0.496 e. The van der Waals surface area contributed by atoms with Crippen LogP contribution in [-0.2, 0) is 26.9 Å². The number of rotatable bonds is 14. The Hall–Kier alpha value is -5.25. The summed E-state index contributed by atoms with van der Waals surface area (Å²) in [5, 5.41) is 6.97. The second-order valence-electron chi connectivity index (χ2n) is 18.3. The average Bonchev–Trinajstić information content (AvgIpc) is 4.08. The van der Waals surface area contributed by atoms with Gasteiger partial charge < -0.3 is 48.8 Å². The summed E-state index contributed by atoms with van der Waals surface area (Å²) in [6.07, 6.45) is 6.18. The van der Waals surface area contributed by atoms with Crippen LogP contribution in [0.1, 0.15) is 77.5 Å². The molecule has 2 aromatic carbocycles. The lowest BCUT2D eigenvalue weighted by molar-refractivity contribution is -0.0734. The molecule has 62 heavy (non-hydrogen) atoms. The molecule has 1 atom stereocenters. The summed E-state index contributed by atoms with van der Waals surface area (Å²) in [5.41, 5.74) is 1.32. The highest BCUT2D eigenvalue weighted by Gasteiger charge is 2.46. The third kappa shape index (κ3) is 10.3. The summed E-state index contributed by atoms with van der Waals surface area (Å²) < 4.78 is 26.2. The number of carbonyl (C=O) groups excluding carboxylic acids is 2. The Morgan fingerprint density at radius 2 is 1.68 bits per heavy atom. The lowest BCUT2D eigenvalue weighted by Gasteiger charge is -2.45. The fourth-order valence-corrected chi connectivity index (χ4v) is 8.49. The maximum atomic E-state index is 13.6. The molecule has 15 nitrogen and oxygen atoms in total. The van der Waals surface area contributed by atoms with Crippen LogP contribution in [0.4, 0.5) is 15.5 Å². The van der Waals surface area contributed by atoms with Crippen LogP contribution in [0.25, 0.3) is 22.0 Å². The highest BCUT2D eigenvalue weighted by Crippen LogP contribution is 2.44. The fourth-order valence-electron chi connectivity index (χ4n) is 8.49. The van der Waals surface area contributed by atoms with Gasteiger partial charge in [0.25, 0.3) is 5.56 Å². The standard InChI is InChI=1S/C47H64N8O7/c1-45(2,3)62-43(57)51-46(4)20-25-54(26-21-46)34-18-23-55(24-19-34)42-49-38-17-14-32(37-30-53(7)40(56)29-39(37)59-8)28-36(38)41(50-42)47(61-35-15-16-35,33-12-10-9-11-13-33)31-60-44(58)52(6)27-22-48-5/h9-14,17,28-30,34-35,48H,15-16,18-27,31H2,1-8H3,(H,51,57). The first-order chi connectivity index (χ1) is 29.6. The number of likely N-dealkylation sites (N-methyl/N-ethyl adjacent to an activating group) is 2. The van der Waals surface area contributed by atoms with Gasteiger partial charge in [0.2, 0.25) is 5.95 Å². The number of aryl methyl sites for hydroxylation is 1. The number of ether oxygens (including phenoxy) is 4. The van der Waals surface area contributed by atoms with E-state index in [1.807, 2.05) is 76.3 Å². The Morgan fingerprint density at radius 1 is 0.968 bits per heavy atom. The molecule has 4 heterocycles. The third-order valence-corrected chi connectivity index (χ3v) is 12.3. The van der Waals surface area contributed by atoms with Gasteiger partial charge in [-0.1, -0.05) is 36.4 Å². The first kappa shape index (κ1) is 44.8. The van der Waals surface area contributed by atoms with Crippen LogP contribution in [0.3, 0.4) is 0 Å². The van der Waals surface area contributed by atoms with E-state index in [2.05, 4.69) is 27.4 Å². The van der Waals surface area contributed by atoms with Crippen LogP contribution < -0.4 is 25.8 Å². The number of pyridine rings is 1. The highest BCUT2D eigenvalue weighted by atomic mass is 16.6. The molecule has 1 aliphatic carbocycles. The number of carbonyl (C=O) groups is 2.